The Balaban J connectivity index is 2.12. The number of amides is 1. The first-order valence-corrected chi connectivity index (χ1v) is 6.33. The molecule has 3 N–H and O–H groups in total. The van der Waals surface area contributed by atoms with E-state index in [-0.39, 0.29) is 11.8 Å². The highest BCUT2D eigenvalue weighted by Crippen LogP contribution is 2.21. The van der Waals surface area contributed by atoms with Crippen molar-refractivity contribution >= 4 is 5.91 Å². The number of rotatable bonds is 6. The van der Waals surface area contributed by atoms with Gasteiger partial charge in [0.05, 0.1) is 0 Å². The van der Waals surface area contributed by atoms with E-state index in [9.17, 15) is 4.79 Å². The van der Waals surface area contributed by atoms with Crippen molar-refractivity contribution in [3.05, 3.63) is 0 Å². The number of nitrogens with two attached hydrogens (primary N) is 1. The van der Waals surface area contributed by atoms with Crippen LogP contribution in [0.3, 0.4) is 0 Å². The second-order valence-electron chi connectivity index (χ2n) is 4.85. The maximum absolute atomic E-state index is 11.5. The van der Waals surface area contributed by atoms with E-state index in [2.05, 4.69) is 17.3 Å². The van der Waals surface area contributed by atoms with Crippen molar-refractivity contribution in [2.24, 2.45) is 11.7 Å². The minimum absolute atomic E-state index is 0.0716. The molecule has 1 saturated carbocycles. The summed E-state index contributed by atoms with van der Waals surface area (Å²) in [5.41, 5.74) is 5.43. The Bertz CT molecular complexity index is 214. The lowest BCUT2D eigenvalue weighted by Crippen LogP contribution is -2.40. The molecule has 0 heterocycles. The van der Waals surface area contributed by atoms with Gasteiger partial charge in [0.1, 0.15) is 0 Å². The molecule has 1 aliphatic rings. The van der Waals surface area contributed by atoms with E-state index >= 15 is 0 Å². The minimum atomic E-state index is -0.0724. The van der Waals surface area contributed by atoms with Gasteiger partial charge in [0.15, 0.2) is 0 Å². The molecular formula is C12H25N3O. The Morgan fingerprint density at radius 2 is 2.12 bits per heavy atom. The molecule has 0 aliphatic heterocycles. The largest absolute Gasteiger partial charge is 0.355 e. The molecule has 0 spiro atoms. The molecule has 1 unspecified atom stereocenters. The lowest BCUT2D eigenvalue weighted by molar-refractivity contribution is -0.124. The van der Waals surface area contributed by atoms with Crippen LogP contribution >= 0.6 is 0 Å². The fourth-order valence-corrected chi connectivity index (χ4v) is 2.16. The predicted molar refractivity (Wildman–Crippen MR) is 66.1 cm³/mol. The molecule has 0 aromatic rings. The molecule has 0 bridgehead atoms. The number of hydrogen-bond acceptors (Lipinski definition) is 3. The molecular weight excluding hydrogens is 202 g/mol. The van der Waals surface area contributed by atoms with E-state index < -0.39 is 0 Å². The number of nitrogens with one attached hydrogen (secondary N) is 1. The first-order chi connectivity index (χ1) is 7.65. The topological polar surface area (TPSA) is 58.4 Å². The lowest BCUT2D eigenvalue weighted by Gasteiger charge is -2.24. The van der Waals surface area contributed by atoms with Crippen LogP contribution in [0.25, 0.3) is 0 Å². The van der Waals surface area contributed by atoms with Crippen LogP contribution in [0.2, 0.25) is 0 Å². The Labute approximate surface area is 98.6 Å². The third-order valence-corrected chi connectivity index (χ3v) is 3.51. The van der Waals surface area contributed by atoms with Crippen molar-refractivity contribution in [1.29, 1.82) is 0 Å². The van der Waals surface area contributed by atoms with E-state index in [1.165, 1.54) is 25.7 Å². The maximum Gasteiger partial charge on any atom is 0.224 e. The van der Waals surface area contributed by atoms with Crippen LogP contribution in [0, 0.1) is 5.92 Å². The first-order valence-electron chi connectivity index (χ1n) is 6.33. The zero-order valence-electron chi connectivity index (χ0n) is 10.5. The van der Waals surface area contributed by atoms with Crippen molar-refractivity contribution in [2.75, 3.05) is 26.7 Å². The summed E-state index contributed by atoms with van der Waals surface area (Å²) in [4.78, 5) is 13.8. The maximum atomic E-state index is 11.5. The second kappa shape index (κ2) is 6.86. The predicted octanol–water partition coefficient (Wildman–Crippen LogP) is 0.572. The fourth-order valence-electron chi connectivity index (χ4n) is 2.16. The smallest absolute Gasteiger partial charge is 0.224 e. The molecule has 4 nitrogen and oxygen atoms in total. The SMILES string of the molecule is CC(CN)C(=O)NCCN(C)C1CCCC1. The molecule has 4 heteroatoms. The van der Waals surface area contributed by atoms with E-state index in [0.29, 0.717) is 6.54 Å². The van der Waals surface area contributed by atoms with Gasteiger partial charge in [0.2, 0.25) is 5.91 Å². The van der Waals surface area contributed by atoms with Crippen molar-refractivity contribution in [1.82, 2.24) is 10.2 Å². The first kappa shape index (κ1) is 13.5. The zero-order chi connectivity index (χ0) is 12.0. The van der Waals surface area contributed by atoms with Crippen LogP contribution in [-0.2, 0) is 4.79 Å². The van der Waals surface area contributed by atoms with Crippen LogP contribution in [0.15, 0.2) is 0 Å². The van der Waals surface area contributed by atoms with Gasteiger partial charge in [0, 0.05) is 31.6 Å². The number of nitrogens with zero attached hydrogens (tertiary/aromatic N) is 1. The van der Waals surface area contributed by atoms with E-state index in [0.717, 1.165) is 19.1 Å². The molecule has 1 aliphatic carbocycles. The number of likely N-dealkylation sites (N-methyl/N-ethyl adjacent to an activating group) is 1. The molecule has 1 amide bonds. The molecule has 0 radical (unpaired) electrons. The summed E-state index contributed by atoms with van der Waals surface area (Å²) in [6.07, 6.45) is 5.32. The molecule has 0 aromatic heterocycles. The number of hydrogen-bond donors (Lipinski definition) is 2. The highest BCUT2D eigenvalue weighted by molar-refractivity contribution is 5.78. The molecule has 0 saturated heterocycles. The number of carbonyl (C=O) groups excluding carboxylic acids is 1. The summed E-state index contributed by atoms with van der Waals surface area (Å²) in [6, 6.07) is 0.726. The van der Waals surface area contributed by atoms with Gasteiger partial charge >= 0.3 is 0 Å². The van der Waals surface area contributed by atoms with Crippen LogP contribution in [0.4, 0.5) is 0 Å². The monoisotopic (exact) mass is 227 g/mol. The van der Waals surface area contributed by atoms with Crippen molar-refractivity contribution in [2.45, 2.75) is 38.6 Å². The quantitative estimate of drug-likeness (QED) is 0.697. The summed E-state index contributed by atoms with van der Waals surface area (Å²) >= 11 is 0. The van der Waals surface area contributed by atoms with Crippen molar-refractivity contribution in [3.8, 4) is 0 Å². The van der Waals surface area contributed by atoms with Gasteiger partial charge in [-0.1, -0.05) is 19.8 Å². The molecule has 0 aromatic carbocycles. The minimum Gasteiger partial charge on any atom is -0.355 e. The standard InChI is InChI=1S/C12H25N3O/c1-10(9-13)12(16)14-7-8-15(2)11-5-3-4-6-11/h10-11H,3-9,13H2,1-2H3,(H,14,16). The summed E-state index contributed by atoms with van der Waals surface area (Å²) < 4.78 is 0. The van der Waals surface area contributed by atoms with Crippen LogP contribution in [0.5, 0.6) is 0 Å². The normalized spacial score (nSPS) is 19.0. The second-order valence-corrected chi connectivity index (χ2v) is 4.85. The Kier molecular flexibility index (Phi) is 5.77. The van der Waals surface area contributed by atoms with Gasteiger partial charge in [-0.15, -0.1) is 0 Å². The van der Waals surface area contributed by atoms with E-state index in [1.54, 1.807) is 0 Å². The van der Waals surface area contributed by atoms with Gasteiger partial charge in [-0.25, -0.2) is 0 Å². The Morgan fingerprint density at radius 1 is 1.50 bits per heavy atom. The summed E-state index contributed by atoms with van der Waals surface area (Å²) in [5, 5.41) is 2.93. The third-order valence-electron chi connectivity index (χ3n) is 3.51. The van der Waals surface area contributed by atoms with Crippen molar-refractivity contribution < 1.29 is 4.79 Å². The summed E-state index contributed by atoms with van der Waals surface area (Å²) in [5.74, 6) is -0.000825. The Hall–Kier alpha value is -0.610. The van der Waals surface area contributed by atoms with Gasteiger partial charge in [-0.05, 0) is 19.9 Å². The van der Waals surface area contributed by atoms with Gasteiger partial charge < -0.3 is 16.0 Å². The van der Waals surface area contributed by atoms with Gasteiger partial charge in [-0.3, -0.25) is 4.79 Å². The van der Waals surface area contributed by atoms with Gasteiger partial charge in [-0.2, -0.15) is 0 Å². The third kappa shape index (κ3) is 4.10. The van der Waals surface area contributed by atoms with Crippen LogP contribution < -0.4 is 11.1 Å². The Morgan fingerprint density at radius 3 is 2.69 bits per heavy atom. The highest BCUT2D eigenvalue weighted by atomic mass is 16.1. The average Bonchev–Trinajstić information content (AvgIpc) is 2.81. The zero-order valence-corrected chi connectivity index (χ0v) is 10.5. The van der Waals surface area contributed by atoms with Crippen molar-refractivity contribution in [3.63, 3.8) is 0 Å². The fraction of sp³-hybridized carbons (Fsp3) is 0.917. The molecule has 94 valence electrons. The molecule has 16 heavy (non-hydrogen) atoms. The molecule has 1 fully saturated rings. The molecule has 1 atom stereocenters. The molecule has 1 rings (SSSR count). The van der Waals surface area contributed by atoms with Crippen LogP contribution in [0.1, 0.15) is 32.6 Å². The van der Waals surface area contributed by atoms with Crippen LogP contribution in [-0.4, -0.2) is 43.5 Å². The number of carbonyl (C=O) groups is 1. The summed E-state index contributed by atoms with van der Waals surface area (Å²) in [7, 11) is 2.15. The van der Waals surface area contributed by atoms with E-state index in [1.807, 2.05) is 6.92 Å². The lowest BCUT2D eigenvalue weighted by atomic mass is 10.2. The van der Waals surface area contributed by atoms with Gasteiger partial charge in [0.25, 0.3) is 0 Å². The highest BCUT2D eigenvalue weighted by Gasteiger charge is 2.19. The average molecular weight is 227 g/mol. The summed E-state index contributed by atoms with van der Waals surface area (Å²) in [6.45, 7) is 3.95. The van der Waals surface area contributed by atoms with E-state index in [4.69, 9.17) is 5.73 Å².